The molecule has 2 heteroatoms. The van der Waals surface area contributed by atoms with Gasteiger partial charge in [0.2, 0.25) is 0 Å². The van der Waals surface area contributed by atoms with Crippen LogP contribution in [-0.4, -0.2) is 12.2 Å². The summed E-state index contributed by atoms with van der Waals surface area (Å²) in [5.74, 6) is 1.43. The van der Waals surface area contributed by atoms with E-state index in [-0.39, 0.29) is 6.10 Å². The number of ether oxygens (including phenoxy) is 1. The Morgan fingerprint density at radius 2 is 2.06 bits per heavy atom. The average Bonchev–Trinajstić information content (AvgIpc) is 2.28. The highest BCUT2D eigenvalue weighted by Crippen LogP contribution is 2.26. The summed E-state index contributed by atoms with van der Waals surface area (Å²) < 4.78 is 5.20. The van der Waals surface area contributed by atoms with Crippen molar-refractivity contribution in [1.29, 1.82) is 0 Å². The molecule has 0 aromatic heterocycles. The van der Waals surface area contributed by atoms with Crippen molar-refractivity contribution in [3.05, 3.63) is 29.3 Å². The van der Waals surface area contributed by atoms with Crippen LogP contribution >= 0.6 is 0 Å². The second kappa shape index (κ2) is 5.90. The van der Waals surface area contributed by atoms with Gasteiger partial charge in [-0.25, -0.2) is 0 Å². The van der Waals surface area contributed by atoms with E-state index in [0.717, 1.165) is 29.7 Å². The number of rotatable bonds is 5. The number of hydrogen-bond donors (Lipinski definition) is 1. The van der Waals surface area contributed by atoms with Crippen LogP contribution in [0, 0.1) is 12.8 Å². The van der Waals surface area contributed by atoms with Crippen LogP contribution in [0.25, 0.3) is 0 Å². The van der Waals surface area contributed by atoms with Crippen LogP contribution in [0.2, 0.25) is 0 Å². The molecule has 1 aromatic rings. The van der Waals surface area contributed by atoms with Gasteiger partial charge in [0.15, 0.2) is 0 Å². The molecule has 16 heavy (non-hydrogen) atoms. The maximum atomic E-state index is 10.1. The van der Waals surface area contributed by atoms with E-state index in [9.17, 15) is 5.11 Å². The van der Waals surface area contributed by atoms with Gasteiger partial charge in [-0.2, -0.15) is 0 Å². The fourth-order valence-electron chi connectivity index (χ4n) is 1.79. The summed E-state index contributed by atoms with van der Waals surface area (Å²) in [6.07, 6.45) is 1.56. The molecule has 0 aliphatic carbocycles. The number of aryl methyl sites for hydroxylation is 1. The third-order valence-electron chi connectivity index (χ3n) is 3.13. The van der Waals surface area contributed by atoms with Crippen molar-refractivity contribution >= 4 is 0 Å². The molecule has 90 valence electrons. The molecule has 0 fully saturated rings. The summed E-state index contributed by atoms with van der Waals surface area (Å²) >= 11 is 0. The van der Waals surface area contributed by atoms with Gasteiger partial charge in [-0.3, -0.25) is 0 Å². The lowest BCUT2D eigenvalue weighted by atomic mass is 9.95. The van der Waals surface area contributed by atoms with Gasteiger partial charge in [0.05, 0.1) is 13.2 Å². The first kappa shape index (κ1) is 13.0. The van der Waals surface area contributed by atoms with E-state index in [4.69, 9.17) is 4.74 Å². The Bertz CT molecular complexity index is 334. The number of methoxy groups -OCH3 is 1. The highest BCUT2D eigenvalue weighted by Gasteiger charge is 2.12. The zero-order valence-electron chi connectivity index (χ0n) is 10.7. The molecule has 1 N–H and O–H groups in total. The molecule has 1 rings (SSSR count). The van der Waals surface area contributed by atoms with Crippen molar-refractivity contribution in [3.8, 4) is 5.75 Å². The van der Waals surface area contributed by atoms with E-state index in [1.807, 2.05) is 25.1 Å². The molecule has 0 saturated heterocycles. The lowest BCUT2D eigenvalue weighted by molar-refractivity contribution is 0.146. The molecule has 0 amide bonds. The van der Waals surface area contributed by atoms with Crippen LogP contribution in [0.5, 0.6) is 5.75 Å². The lowest BCUT2D eigenvalue weighted by Crippen LogP contribution is -2.04. The quantitative estimate of drug-likeness (QED) is 0.826. The normalized spacial score (nSPS) is 14.6. The molecule has 2 unspecified atom stereocenters. The van der Waals surface area contributed by atoms with Crippen molar-refractivity contribution in [3.63, 3.8) is 0 Å². The van der Waals surface area contributed by atoms with E-state index >= 15 is 0 Å². The number of aliphatic hydroxyl groups is 1. The number of hydrogen-bond acceptors (Lipinski definition) is 2. The van der Waals surface area contributed by atoms with Gasteiger partial charge >= 0.3 is 0 Å². The van der Waals surface area contributed by atoms with Gasteiger partial charge in [0.25, 0.3) is 0 Å². The Hall–Kier alpha value is -1.02. The van der Waals surface area contributed by atoms with Gasteiger partial charge in [0.1, 0.15) is 5.75 Å². The minimum Gasteiger partial charge on any atom is -0.496 e. The Kier molecular flexibility index (Phi) is 4.81. The fraction of sp³-hybridized carbons (Fsp3) is 0.571. The van der Waals surface area contributed by atoms with E-state index in [1.54, 1.807) is 7.11 Å². The van der Waals surface area contributed by atoms with Gasteiger partial charge in [-0.15, -0.1) is 0 Å². The highest BCUT2D eigenvalue weighted by molar-refractivity contribution is 5.36. The first-order chi connectivity index (χ1) is 7.58. The molecule has 2 nitrogen and oxygen atoms in total. The Balaban J connectivity index is 2.76. The third-order valence-corrected chi connectivity index (χ3v) is 3.13. The maximum absolute atomic E-state index is 10.1. The van der Waals surface area contributed by atoms with E-state index < -0.39 is 0 Å². The van der Waals surface area contributed by atoms with E-state index in [2.05, 4.69) is 13.8 Å². The molecule has 0 aliphatic rings. The monoisotopic (exact) mass is 222 g/mol. The van der Waals surface area contributed by atoms with E-state index in [1.165, 1.54) is 0 Å². The summed E-state index contributed by atoms with van der Waals surface area (Å²) in [5, 5.41) is 10.1. The summed E-state index contributed by atoms with van der Waals surface area (Å²) in [6, 6.07) is 5.87. The summed E-state index contributed by atoms with van der Waals surface area (Å²) in [5.41, 5.74) is 2.06. The molecule has 0 bridgehead atoms. The second-order valence-electron chi connectivity index (χ2n) is 4.49. The van der Waals surface area contributed by atoms with Crippen molar-refractivity contribution in [2.75, 3.05) is 7.11 Å². The number of aliphatic hydroxyl groups excluding tert-OH is 1. The molecule has 0 spiro atoms. The van der Waals surface area contributed by atoms with Crippen molar-refractivity contribution in [1.82, 2.24) is 0 Å². The average molecular weight is 222 g/mol. The highest BCUT2D eigenvalue weighted by atomic mass is 16.5. The molecule has 1 aromatic carbocycles. The second-order valence-corrected chi connectivity index (χ2v) is 4.49. The fourth-order valence-corrected chi connectivity index (χ4v) is 1.79. The SMILES string of the molecule is CCC(C)CC(O)c1ccc(OC)c(C)c1. The van der Waals surface area contributed by atoms with E-state index in [0.29, 0.717) is 5.92 Å². The predicted octanol–water partition coefficient (Wildman–Crippen LogP) is 3.47. The van der Waals surface area contributed by atoms with Crippen LogP contribution < -0.4 is 4.74 Å². The van der Waals surface area contributed by atoms with Crippen LogP contribution in [0.4, 0.5) is 0 Å². The predicted molar refractivity (Wildman–Crippen MR) is 66.8 cm³/mol. The van der Waals surface area contributed by atoms with Crippen molar-refractivity contribution in [2.45, 2.75) is 39.7 Å². The molecular formula is C14H22O2. The minimum absolute atomic E-state index is 0.362. The largest absolute Gasteiger partial charge is 0.496 e. The van der Waals surface area contributed by atoms with Gasteiger partial charge in [-0.05, 0) is 42.5 Å². The zero-order chi connectivity index (χ0) is 12.1. The molecule has 0 radical (unpaired) electrons. The van der Waals surface area contributed by atoms with Gasteiger partial charge < -0.3 is 9.84 Å². The zero-order valence-corrected chi connectivity index (χ0v) is 10.7. The molecule has 0 heterocycles. The Morgan fingerprint density at radius 3 is 2.56 bits per heavy atom. The number of benzene rings is 1. The molecule has 2 atom stereocenters. The van der Waals surface area contributed by atoms with Crippen LogP contribution in [-0.2, 0) is 0 Å². The van der Waals surface area contributed by atoms with Crippen molar-refractivity contribution in [2.24, 2.45) is 5.92 Å². The third kappa shape index (κ3) is 3.24. The van der Waals surface area contributed by atoms with Gasteiger partial charge in [-0.1, -0.05) is 26.3 Å². The van der Waals surface area contributed by atoms with Crippen LogP contribution in [0.1, 0.15) is 43.9 Å². The first-order valence-corrected chi connectivity index (χ1v) is 5.91. The minimum atomic E-state index is -0.362. The standard InChI is InChI=1S/C14H22O2/c1-5-10(2)8-13(15)12-6-7-14(16-4)11(3)9-12/h6-7,9-10,13,15H,5,8H2,1-4H3. The molecular weight excluding hydrogens is 200 g/mol. The van der Waals surface area contributed by atoms with Gasteiger partial charge in [0, 0.05) is 0 Å². The summed E-state index contributed by atoms with van der Waals surface area (Å²) in [7, 11) is 1.66. The summed E-state index contributed by atoms with van der Waals surface area (Å²) in [4.78, 5) is 0. The molecule has 0 aliphatic heterocycles. The Labute approximate surface area is 98.3 Å². The van der Waals surface area contributed by atoms with Crippen molar-refractivity contribution < 1.29 is 9.84 Å². The lowest BCUT2D eigenvalue weighted by Gasteiger charge is -2.16. The topological polar surface area (TPSA) is 29.5 Å². The first-order valence-electron chi connectivity index (χ1n) is 5.91. The Morgan fingerprint density at radius 1 is 1.38 bits per heavy atom. The summed E-state index contributed by atoms with van der Waals surface area (Å²) in [6.45, 7) is 6.31. The smallest absolute Gasteiger partial charge is 0.121 e. The van der Waals surface area contributed by atoms with Crippen LogP contribution in [0.3, 0.4) is 0 Å². The maximum Gasteiger partial charge on any atom is 0.121 e. The molecule has 0 saturated carbocycles. The van der Waals surface area contributed by atoms with Crippen LogP contribution in [0.15, 0.2) is 18.2 Å².